The van der Waals surface area contributed by atoms with Crippen molar-refractivity contribution in [1.29, 1.82) is 5.26 Å². The van der Waals surface area contributed by atoms with E-state index in [1.807, 2.05) is 42.5 Å². The van der Waals surface area contributed by atoms with Crippen molar-refractivity contribution in [3.8, 4) is 6.07 Å². The van der Waals surface area contributed by atoms with E-state index in [4.69, 9.17) is 5.26 Å². The molecule has 2 aromatic carbocycles. The fraction of sp³-hybridized carbons (Fsp3) is 0.182. The molecule has 7 nitrogen and oxygen atoms in total. The van der Waals surface area contributed by atoms with Crippen molar-refractivity contribution >= 4 is 17.5 Å². The zero-order valence-corrected chi connectivity index (χ0v) is 15.7. The Morgan fingerprint density at radius 2 is 1.79 bits per heavy atom. The fourth-order valence-electron chi connectivity index (χ4n) is 3.54. The van der Waals surface area contributed by atoms with Crippen LogP contribution in [0.3, 0.4) is 0 Å². The highest BCUT2D eigenvalue weighted by Crippen LogP contribution is 2.27. The SMILES string of the molecule is N#Cc1ccc(CC(c2cnc[nH]2)N2CC(=O)N(c3ccccc3)CC2=O)cc1. The second-order valence-electron chi connectivity index (χ2n) is 6.87. The molecule has 1 unspecified atom stereocenters. The minimum absolute atomic E-state index is 0.000847. The van der Waals surface area contributed by atoms with E-state index >= 15 is 0 Å². The average Bonchev–Trinajstić information content (AvgIpc) is 3.29. The molecular formula is C22H19N5O2. The Labute approximate surface area is 168 Å². The molecule has 144 valence electrons. The van der Waals surface area contributed by atoms with Crippen LogP contribution in [0.4, 0.5) is 5.69 Å². The van der Waals surface area contributed by atoms with Crippen LogP contribution in [0, 0.1) is 11.3 Å². The predicted octanol–water partition coefficient (Wildman–Crippen LogP) is 2.44. The average molecular weight is 385 g/mol. The van der Waals surface area contributed by atoms with Crippen LogP contribution in [0.5, 0.6) is 0 Å². The number of piperazine rings is 1. The Morgan fingerprint density at radius 3 is 2.45 bits per heavy atom. The normalized spacial score (nSPS) is 15.3. The molecule has 1 aliphatic rings. The third-order valence-electron chi connectivity index (χ3n) is 5.05. The Balaban J connectivity index is 1.59. The number of nitrogens with zero attached hydrogens (tertiary/aromatic N) is 4. The number of anilines is 1. The third kappa shape index (κ3) is 3.87. The van der Waals surface area contributed by atoms with Crippen molar-refractivity contribution in [3.05, 3.63) is 83.9 Å². The summed E-state index contributed by atoms with van der Waals surface area (Å²) in [6.45, 7) is -0.00541. The summed E-state index contributed by atoms with van der Waals surface area (Å²) in [6.07, 6.45) is 3.75. The van der Waals surface area contributed by atoms with Gasteiger partial charge in [0.25, 0.3) is 0 Å². The number of nitrogens with one attached hydrogen (secondary N) is 1. The summed E-state index contributed by atoms with van der Waals surface area (Å²) in [5.74, 6) is -0.248. The molecule has 7 heteroatoms. The molecule has 1 fully saturated rings. The van der Waals surface area contributed by atoms with E-state index in [0.29, 0.717) is 12.0 Å². The zero-order valence-electron chi connectivity index (χ0n) is 15.7. The predicted molar refractivity (Wildman–Crippen MR) is 107 cm³/mol. The first-order chi connectivity index (χ1) is 14.2. The molecule has 3 aromatic rings. The summed E-state index contributed by atoms with van der Waals surface area (Å²) in [4.78, 5) is 36.1. The Kier molecular flexibility index (Phi) is 5.08. The van der Waals surface area contributed by atoms with Gasteiger partial charge >= 0.3 is 0 Å². The van der Waals surface area contributed by atoms with E-state index in [1.54, 1.807) is 29.6 Å². The van der Waals surface area contributed by atoms with Gasteiger partial charge in [-0.25, -0.2) is 4.98 Å². The number of aromatic nitrogens is 2. The van der Waals surface area contributed by atoms with Crippen LogP contribution >= 0.6 is 0 Å². The Bertz CT molecular complexity index is 1040. The molecule has 1 N–H and O–H groups in total. The van der Waals surface area contributed by atoms with E-state index in [0.717, 1.165) is 16.9 Å². The van der Waals surface area contributed by atoms with Gasteiger partial charge in [-0.2, -0.15) is 5.26 Å². The van der Waals surface area contributed by atoms with Gasteiger partial charge in [-0.15, -0.1) is 0 Å². The van der Waals surface area contributed by atoms with Gasteiger partial charge in [0.05, 0.1) is 35.9 Å². The van der Waals surface area contributed by atoms with E-state index in [9.17, 15) is 9.59 Å². The van der Waals surface area contributed by atoms with Gasteiger partial charge in [-0.3, -0.25) is 9.59 Å². The Morgan fingerprint density at radius 1 is 1.03 bits per heavy atom. The topological polar surface area (TPSA) is 93.1 Å². The maximum atomic E-state index is 13.0. The van der Waals surface area contributed by atoms with Crippen molar-refractivity contribution in [2.45, 2.75) is 12.5 Å². The van der Waals surface area contributed by atoms with E-state index in [2.05, 4.69) is 16.0 Å². The van der Waals surface area contributed by atoms with E-state index in [1.165, 1.54) is 4.90 Å². The molecule has 0 bridgehead atoms. The number of nitriles is 1. The minimum atomic E-state index is -0.347. The van der Waals surface area contributed by atoms with Gasteiger partial charge in [0, 0.05) is 5.69 Å². The van der Waals surface area contributed by atoms with Crippen LogP contribution < -0.4 is 4.90 Å². The lowest BCUT2D eigenvalue weighted by Gasteiger charge is -2.38. The molecule has 1 aromatic heterocycles. The smallest absolute Gasteiger partial charge is 0.247 e. The minimum Gasteiger partial charge on any atom is -0.347 e. The number of carbonyl (C=O) groups excluding carboxylic acids is 2. The van der Waals surface area contributed by atoms with Gasteiger partial charge < -0.3 is 14.8 Å². The first-order valence-corrected chi connectivity index (χ1v) is 9.28. The monoisotopic (exact) mass is 385 g/mol. The van der Waals surface area contributed by atoms with Gasteiger partial charge in [-0.05, 0) is 36.2 Å². The summed E-state index contributed by atoms with van der Waals surface area (Å²) in [5.41, 5.74) is 3.03. The fourth-order valence-corrected chi connectivity index (χ4v) is 3.54. The summed E-state index contributed by atoms with van der Waals surface area (Å²) in [5, 5.41) is 8.99. The molecule has 2 heterocycles. The van der Waals surface area contributed by atoms with Gasteiger partial charge in [0.1, 0.15) is 13.1 Å². The van der Waals surface area contributed by atoms with Crippen LogP contribution in [0.25, 0.3) is 0 Å². The number of aromatic amines is 1. The molecule has 0 saturated carbocycles. The number of hydrogen-bond acceptors (Lipinski definition) is 4. The number of carbonyl (C=O) groups is 2. The summed E-state index contributed by atoms with van der Waals surface area (Å²) < 4.78 is 0. The van der Waals surface area contributed by atoms with Crippen molar-refractivity contribution in [2.75, 3.05) is 18.0 Å². The van der Waals surface area contributed by atoms with Gasteiger partial charge in [0.15, 0.2) is 0 Å². The molecular weight excluding hydrogens is 366 g/mol. The molecule has 1 aliphatic heterocycles. The first kappa shape index (κ1) is 18.4. The lowest BCUT2D eigenvalue weighted by molar-refractivity contribution is -0.140. The highest BCUT2D eigenvalue weighted by molar-refractivity contribution is 6.04. The number of rotatable bonds is 5. The largest absolute Gasteiger partial charge is 0.347 e. The standard InChI is InChI=1S/C22H19N5O2/c23-11-17-8-6-16(7-9-17)10-20(19-12-24-15-25-19)27-14-21(28)26(13-22(27)29)18-4-2-1-3-5-18/h1-9,12,15,20H,10,13-14H2,(H,24,25). The maximum absolute atomic E-state index is 13.0. The number of H-pyrrole nitrogens is 1. The third-order valence-corrected chi connectivity index (χ3v) is 5.05. The van der Waals surface area contributed by atoms with Crippen LogP contribution in [-0.4, -0.2) is 39.8 Å². The van der Waals surface area contributed by atoms with Gasteiger partial charge in [0.2, 0.25) is 11.8 Å². The number of benzene rings is 2. The first-order valence-electron chi connectivity index (χ1n) is 9.28. The lowest BCUT2D eigenvalue weighted by atomic mass is 10.00. The summed E-state index contributed by atoms with van der Waals surface area (Å²) in [6, 6.07) is 18.2. The number of imidazole rings is 1. The number of para-hydroxylation sites is 1. The number of hydrogen-bond donors (Lipinski definition) is 1. The molecule has 1 saturated heterocycles. The second-order valence-corrected chi connectivity index (χ2v) is 6.87. The lowest BCUT2D eigenvalue weighted by Crippen LogP contribution is -2.55. The van der Waals surface area contributed by atoms with Gasteiger partial charge in [-0.1, -0.05) is 30.3 Å². The molecule has 29 heavy (non-hydrogen) atoms. The zero-order chi connectivity index (χ0) is 20.2. The molecule has 0 radical (unpaired) electrons. The van der Waals surface area contributed by atoms with Crippen LogP contribution in [0.2, 0.25) is 0 Å². The van der Waals surface area contributed by atoms with Crippen LogP contribution in [0.1, 0.15) is 22.9 Å². The highest BCUT2D eigenvalue weighted by Gasteiger charge is 2.36. The van der Waals surface area contributed by atoms with Crippen molar-refractivity contribution in [2.24, 2.45) is 0 Å². The van der Waals surface area contributed by atoms with E-state index in [-0.39, 0.29) is 30.9 Å². The molecule has 4 rings (SSSR count). The molecule has 0 aliphatic carbocycles. The van der Waals surface area contributed by atoms with Crippen LogP contribution in [0.15, 0.2) is 67.1 Å². The molecule has 2 amide bonds. The quantitative estimate of drug-likeness (QED) is 0.730. The van der Waals surface area contributed by atoms with Crippen molar-refractivity contribution in [1.82, 2.24) is 14.9 Å². The number of amides is 2. The van der Waals surface area contributed by atoms with E-state index < -0.39 is 0 Å². The van der Waals surface area contributed by atoms with Crippen molar-refractivity contribution in [3.63, 3.8) is 0 Å². The second kappa shape index (κ2) is 7.98. The van der Waals surface area contributed by atoms with Crippen LogP contribution in [-0.2, 0) is 16.0 Å². The summed E-state index contributed by atoms with van der Waals surface area (Å²) in [7, 11) is 0. The highest BCUT2D eigenvalue weighted by atomic mass is 16.2. The van der Waals surface area contributed by atoms with Crippen molar-refractivity contribution < 1.29 is 9.59 Å². The Hall–Kier alpha value is -3.92. The maximum Gasteiger partial charge on any atom is 0.247 e. The molecule has 0 spiro atoms. The molecule has 1 atom stereocenters. The summed E-state index contributed by atoms with van der Waals surface area (Å²) >= 11 is 0.